The van der Waals surface area contributed by atoms with E-state index in [-0.39, 0.29) is 5.78 Å². The van der Waals surface area contributed by atoms with Crippen LogP contribution < -0.4 is 5.32 Å². The number of rotatable bonds is 3. The lowest BCUT2D eigenvalue weighted by Crippen LogP contribution is -2.19. The molecule has 0 aliphatic heterocycles. The second-order valence-electron chi connectivity index (χ2n) is 3.71. The molecule has 1 N–H and O–H groups in total. The minimum atomic E-state index is 0.242. The van der Waals surface area contributed by atoms with Gasteiger partial charge in [0.25, 0.3) is 0 Å². The summed E-state index contributed by atoms with van der Waals surface area (Å²) in [6, 6.07) is 0. The molecule has 1 aromatic rings. The molecule has 0 fully saturated rings. The van der Waals surface area contributed by atoms with Gasteiger partial charge < -0.3 is 5.32 Å². The summed E-state index contributed by atoms with van der Waals surface area (Å²) >= 11 is 1.76. The van der Waals surface area contributed by atoms with Crippen LogP contribution in [0.5, 0.6) is 0 Å². The van der Waals surface area contributed by atoms with Crippen molar-refractivity contribution in [2.75, 3.05) is 13.6 Å². The quantitative estimate of drug-likeness (QED) is 0.772. The predicted molar refractivity (Wildman–Crippen MR) is 59.2 cm³/mol. The second kappa shape index (κ2) is 4.24. The molecule has 0 radical (unpaired) electrons. The van der Waals surface area contributed by atoms with Crippen LogP contribution in [0.4, 0.5) is 0 Å². The van der Waals surface area contributed by atoms with Crippen LogP contribution in [0, 0.1) is 0 Å². The monoisotopic (exact) mass is 209 g/mol. The third-order valence-corrected chi connectivity index (χ3v) is 3.79. The molecule has 0 amide bonds. The van der Waals surface area contributed by atoms with Crippen LogP contribution in [0.3, 0.4) is 0 Å². The van der Waals surface area contributed by atoms with Crippen molar-refractivity contribution >= 4 is 17.1 Å². The van der Waals surface area contributed by atoms with E-state index in [1.807, 2.05) is 12.4 Å². The molecule has 76 valence electrons. The second-order valence-corrected chi connectivity index (χ2v) is 4.68. The van der Waals surface area contributed by atoms with Crippen LogP contribution in [-0.2, 0) is 12.8 Å². The van der Waals surface area contributed by atoms with Crippen molar-refractivity contribution in [1.82, 2.24) is 5.32 Å². The van der Waals surface area contributed by atoms with E-state index in [9.17, 15) is 4.79 Å². The van der Waals surface area contributed by atoms with E-state index in [0.717, 1.165) is 12.0 Å². The number of aryl methyl sites for hydroxylation is 1. The highest BCUT2D eigenvalue weighted by atomic mass is 32.1. The summed E-state index contributed by atoms with van der Waals surface area (Å²) in [5, 5.41) is 4.96. The average Bonchev–Trinajstić information content (AvgIpc) is 2.61. The van der Waals surface area contributed by atoms with Crippen molar-refractivity contribution < 1.29 is 4.79 Å². The van der Waals surface area contributed by atoms with Gasteiger partial charge in [0, 0.05) is 15.8 Å². The van der Waals surface area contributed by atoms with Crippen LogP contribution >= 0.6 is 11.3 Å². The first-order valence-electron chi connectivity index (χ1n) is 5.10. The molecule has 3 heteroatoms. The molecule has 0 aromatic carbocycles. The third-order valence-electron chi connectivity index (χ3n) is 2.70. The summed E-state index contributed by atoms with van der Waals surface area (Å²) in [4.78, 5) is 13.2. The Kier molecular flexibility index (Phi) is 2.99. The number of thiophene rings is 1. The highest BCUT2D eigenvalue weighted by molar-refractivity contribution is 7.10. The Morgan fingerprint density at radius 2 is 2.29 bits per heavy atom. The Morgan fingerprint density at radius 1 is 1.50 bits per heavy atom. The fourth-order valence-electron chi connectivity index (χ4n) is 1.98. The first-order valence-corrected chi connectivity index (χ1v) is 5.98. The maximum atomic E-state index is 11.7. The molecule has 0 saturated heterocycles. The highest BCUT2D eigenvalue weighted by Gasteiger charge is 2.19. The molecule has 0 spiro atoms. The third kappa shape index (κ3) is 1.74. The predicted octanol–water partition coefficient (Wildman–Crippen LogP) is 2.03. The number of hydrogen-bond acceptors (Lipinski definition) is 3. The normalized spacial score (nSPS) is 15.2. The Labute approximate surface area is 88.3 Å². The number of carbonyl (C=O) groups is 1. The van der Waals surface area contributed by atoms with E-state index in [1.54, 1.807) is 11.3 Å². The zero-order valence-corrected chi connectivity index (χ0v) is 9.25. The van der Waals surface area contributed by atoms with Crippen molar-refractivity contribution in [3.05, 3.63) is 21.4 Å². The summed E-state index contributed by atoms with van der Waals surface area (Å²) in [7, 11) is 1.82. The van der Waals surface area contributed by atoms with E-state index in [1.165, 1.54) is 29.7 Å². The topological polar surface area (TPSA) is 29.1 Å². The number of fused-ring (bicyclic) bond motifs is 1. The summed E-state index contributed by atoms with van der Waals surface area (Å²) < 4.78 is 0. The summed E-state index contributed by atoms with van der Waals surface area (Å²) in [5.41, 5.74) is 2.31. The number of nitrogens with one attached hydrogen (secondary N) is 1. The van der Waals surface area contributed by atoms with Gasteiger partial charge in [0.15, 0.2) is 5.78 Å². The Hall–Kier alpha value is -0.670. The molecule has 1 aliphatic rings. The van der Waals surface area contributed by atoms with Crippen LogP contribution in [0.1, 0.15) is 33.6 Å². The molecule has 0 unspecified atom stereocenters. The van der Waals surface area contributed by atoms with Gasteiger partial charge in [0.05, 0.1) is 6.54 Å². The maximum absolute atomic E-state index is 11.7. The van der Waals surface area contributed by atoms with Crippen LogP contribution in [0.15, 0.2) is 5.38 Å². The van der Waals surface area contributed by atoms with Crippen molar-refractivity contribution in [3.63, 3.8) is 0 Å². The Balaban J connectivity index is 2.25. The van der Waals surface area contributed by atoms with Gasteiger partial charge in [-0.2, -0.15) is 0 Å². The SMILES string of the molecule is CNCC(=O)c1csc2c1CCCC2. The number of ketones is 1. The maximum Gasteiger partial charge on any atom is 0.177 e. The summed E-state index contributed by atoms with van der Waals surface area (Å²) in [6.45, 7) is 0.461. The number of likely N-dealkylation sites (N-methyl/N-ethyl adjacent to an activating group) is 1. The van der Waals surface area contributed by atoms with Crippen molar-refractivity contribution in [2.24, 2.45) is 0 Å². The van der Waals surface area contributed by atoms with Crippen molar-refractivity contribution in [2.45, 2.75) is 25.7 Å². The fraction of sp³-hybridized carbons (Fsp3) is 0.545. The highest BCUT2D eigenvalue weighted by Crippen LogP contribution is 2.30. The van der Waals surface area contributed by atoms with E-state index in [2.05, 4.69) is 5.32 Å². The molecular formula is C11H15NOS. The van der Waals surface area contributed by atoms with Gasteiger partial charge in [-0.1, -0.05) is 0 Å². The Bertz CT molecular complexity index is 343. The summed E-state index contributed by atoms with van der Waals surface area (Å²) in [6.07, 6.45) is 4.80. The number of Topliss-reactive ketones (excluding diaryl/α,β-unsaturated/α-hetero) is 1. The van der Waals surface area contributed by atoms with E-state index in [4.69, 9.17) is 0 Å². The Morgan fingerprint density at radius 3 is 3.07 bits per heavy atom. The molecular weight excluding hydrogens is 194 g/mol. The standard InChI is InChI=1S/C11H15NOS/c1-12-6-10(13)9-7-14-11-5-3-2-4-8(9)11/h7,12H,2-6H2,1H3. The zero-order chi connectivity index (χ0) is 9.97. The van der Waals surface area contributed by atoms with Gasteiger partial charge in [-0.25, -0.2) is 0 Å². The van der Waals surface area contributed by atoms with Crippen LogP contribution in [0.25, 0.3) is 0 Å². The molecule has 2 nitrogen and oxygen atoms in total. The van der Waals surface area contributed by atoms with Gasteiger partial charge in [0.1, 0.15) is 0 Å². The minimum Gasteiger partial charge on any atom is -0.313 e. The minimum absolute atomic E-state index is 0.242. The molecule has 0 bridgehead atoms. The lowest BCUT2D eigenvalue weighted by Gasteiger charge is -2.11. The van der Waals surface area contributed by atoms with Gasteiger partial charge >= 0.3 is 0 Å². The molecule has 2 rings (SSSR count). The van der Waals surface area contributed by atoms with Gasteiger partial charge in [-0.05, 0) is 38.3 Å². The number of hydrogen-bond donors (Lipinski definition) is 1. The van der Waals surface area contributed by atoms with E-state index >= 15 is 0 Å². The molecule has 1 aliphatic carbocycles. The van der Waals surface area contributed by atoms with E-state index in [0.29, 0.717) is 6.54 Å². The summed E-state index contributed by atoms with van der Waals surface area (Å²) in [5.74, 6) is 0.242. The molecule has 1 aromatic heterocycles. The molecule has 1 heterocycles. The van der Waals surface area contributed by atoms with Gasteiger partial charge in [-0.15, -0.1) is 11.3 Å². The molecule has 0 atom stereocenters. The smallest absolute Gasteiger partial charge is 0.177 e. The number of carbonyl (C=O) groups excluding carboxylic acids is 1. The lowest BCUT2D eigenvalue weighted by molar-refractivity contribution is 0.0993. The van der Waals surface area contributed by atoms with Crippen molar-refractivity contribution in [1.29, 1.82) is 0 Å². The molecule has 14 heavy (non-hydrogen) atoms. The van der Waals surface area contributed by atoms with Gasteiger partial charge in [0.2, 0.25) is 0 Å². The lowest BCUT2D eigenvalue weighted by atomic mass is 9.94. The first kappa shape index (κ1) is 9.87. The largest absolute Gasteiger partial charge is 0.313 e. The van der Waals surface area contributed by atoms with E-state index < -0.39 is 0 Å². The van der Waals surface area contributed by atoms with Crippen molar-refractivity contribution in [3.8, 4) is 0 Å². The zero-order valence-electron chi connectivity index (χ0n) is 8.43. The first-order chi connectivity index (χ1) is 6.83. The van der Waals surface area contributed by atoms with Crippen LogP contribution in [-0.4, -0.2) is 19.4 Å². The fourth-order valence-corrected chi connectivity index (χ4v) is 3.13. The van der Waals surface area contributed by atoms with Crippen LogP contribution in [0.2, 0.25) is 0 Å². The molecule has 0 saturated carbocycles. The van der Waals surface area contributed by atoms with Gasteiger partial charge in [-0.3, -0.25) is 4.79 Å². The average molecular weight is 209 g/mol.